The summed E-state index contributed by atoms with van der Waals surface area (Å²) in [5.41, 5.74) is 1.65. The third-order valence-corrected chi connectivity index (χ3v) is 3.63. The highest BCUT2D eigenvalue weighted by Crippen LogP contribution is 2.21. The van der Waals surface area contributed by atoms with Crippen LogP contribution in [0.4, 0.5) is 0 Å². The van der Waals surface area contributed by atoms with E-state index in [0.717, 1.165) is 10.0 Å². The van der Waals surface area contributed by atoms with Crippen LogP contribution in [0.15, 0.2) is 34.9 Å². The van der Waals surface area contributed by atoms with Crippen LogP contribution in [0.2, 0.25) is 5.02 Å². The highest BCUT2D eigenvalue weighted by atomic mass is 79.9. The van der Waals surface area contributed by atoms with Crippen LogP contribution in [0.5, 0.6) is 0 Å². The lowest BCUT2D eigenvalue weighted by molar-refractivity contribution is 0.0946. The van der Waals surface area contributed by atoms with Gasteiger partial charge in [-0.1, -0.05) is 33.6 Å². The van der Waals surface area contributed by atoms with Crippen molar-refractivity contribution < 1.29 is 9.59 Å². The summed E-state index contributed by atoms with van der Waals surface area (Å²) in [4.78, 5) is 25.9. The number of H-pyrrole nitrogens is 1. The molecule has 4 nitrogen and oxygen atoms in total. The molecule has 2 N–H and O–H groups in total. The summed E-state index contributed by atoms with van der Waals surface area (Å²) < 4.78 is 0.882. The Morgan fingerprint density at radius 3 is 2.70 bits per heavy atom. The molecule has 0 saturated carbocycles. The summed E-state index contributed by atoms with van der Waals surface area (Å²) in [6, 6.07) is 6.99. The van der Waals surface area contributed by atoms with Gasteiger partial charge in [-0.15, -0.1) is 0 Å². The fraction of sp³-hybridized carbons (Fsp3) is 0.143. The summed E-state index contributed by atoms with van der Waals surface area (Å²) in [7, 11) is 0. The van der Waals surface area contributed by atoms with Gasteiger partial charge in [0.25, 0.3) is 5.91 Å². The van der Waals surface area contributed by atoms with E-state index in [1.165, 1.54) is 19.2 Å². The van der Waals surface area contributed by atoms with Crippen LogP contribution >= 0.6 is 27.5 Å². The number of Topliss-reactive ketones (excluding diaryl/α,β-unsaturated/α-hetero) is 1. The molecule has 0 bridgehead atoms. The first-order valence-corrected chi connectivity index (χ1v) is 7.06. The first-order valence-electron chi connectivity index (χ1n) is 5.89. The second-order valence-electron chi connectivity index (χ2n) is 4.28. The Morgan fingerprint density at radius 2 is 2.10 bits per heavy atom. The molecule has 2 rings (SSSR count). The fourth-order valence-corrected chi connectivity index (χ4v) is 2.40. The molecule has 1 heterocycles. The maximum atomic E-state index is 11.9. The van der Waals surface area contributed by atoms with Gasteiger partial charge in [0.05, 0.1) is 0 Å². The Hall–Kier alpha value is -1.59. The van der Waals surface area contributed by atoms with Gasteiger partial charge in [-0.2, -0.15) is 0 Å². The minimum atomic E-state index is -0.281. The van der Waals surface area contributed by atoms with E-state index in [9.17, 15) is 9.59 Å². The molecule has 20 heavy (non-hydrogen) atoms. The van der Waals surface area contributed by atoms with Gasteiger partial charge in [0.2, 0.25) is 0 Å². The molecular weight excluding hydrogens is 344 g/mol. The van der Waals surface area contributed by atoms with Gasteiger partial charge in [0.1, 0.15) is 5.69 Å². The standard InChI is InChI=1S/C14H12BrClN2O2/c1-8(19)10-4-13(17-7-10)14(20)18-6-9-2-3-11(15)5-12(9)16/h2-5,7,17H,6H2,1H3,(H,18,20). The molecule has 0 atom stereocenters. The van der Waals surface area contributed by atoms with Crippen LogP contribution in [0.25, 0.3) is 0 Å². The largest absolute Gasteiger partial charge is 0.356 e. The van der Waals surface area contributed by atoms with Crippen LogP contribution in [0.1, 0.15) is 33.3 Å². The molecule has 1 aromatic heterocycles. The molecular formula is C14H12BrClN2O2. The first-order chi connectivity index (χ1) is 9.47. The lowest BCUT2D eigenvalue weighted by atomic mass is 10.2. The Balaban J connectivity index is 2.02. The quantitative estimate of drug-likeness (QED) is 0.824. The number of carbonyl (C=O) groups is 2. The van der Waals surface area contributed by atoms with Gasteiger partial charge in [-0.25, -0.2) is 0 Å². The minimum Gasteiger partial charge on any atom is -0.356 e. The maximum Gasteiger partial charge on any atom is 0.267 e. The van der Waals surface area contributed by atoms with E-state index in [1.54, 1.807) is 6.07 Å². The minimum absolute atomic E-state index is 0.0868. The monoisotopic (exact) mass is 354 g/mol. The van der Waals surface area contributed by atoms with E-state index in [-0.39, 0.29) is 11.7 Å². The molecule has 104 valence electrons. The van der Waals surface area contributed by atoms with Crippen LogP contribution in [-0.2, 0) is 6.54 Å². The summed E-state index contributed by atoms with van der Waals surface area (Å²) in [6.45, 7) is 1.77. The van der Waals surface area contributed by atoms with Gasteiger partial charge in [0.15, 0.2) is 5.78 Å². The van der Waals surface area contributed by atoms with Crippen molar-refractivity contribution in [2.45, 2.75) is 13.5 Å². The molecule has 0 aliphatic carbocycles. The van der Waals surface area contributed by atoms with E-state index in [4.69, 9.17) is 11.6 Å². The Bertz CT molecular complexity index is 667. The van der Waals surface area contributed by atoms with Crippen molar-refractivity contribution in [3.05, 3.63) is 56.8 Å². The first kappa shape index (κ1) is 14.8. The predicted octanol–water partition coefficient (Wildman–Crippen LogP) is 3.56. The average molecular weight is 356 g/mol. The van der Waals surface area contributed by atoms with Crippen molar-refractivity contribution in [3.8, 4) is 0 Å². The lowest BCUT2D eigenvalue weighted by Gasteiger charge is -2.06. The summed E-state index contributed by atoms with van der Waals surface area (Å²) in [6.07, 6.45) is 1.52. The molecule has 1 aromatic carbocycles. The van der Waals surface area contributed by atoms with Crippen LogP contribution < -0.4 is 5.32 Å². The molecule has 0 radical (unpaired) electrons. The van der Waals surface area contributed by atoms with E-state index < -0.39 is 0 Å². The lowest BCUT2D eigenvalue weighted by Crippen LogP contribution is -2.23. The summed E-state index contributed by atoms with van der Waals surface area (Å²) >= 11 is 9.39. The zero-order chi connectivity index (χ0) is 14.7. The van der Waals surface area contributed by atoms with Gasteiger partial charge in [-0.05, 0) is 30.7 Å². The fourth-order valence-electron chi connectivity index (χ4n) is 1.66. The van der Waals surface area contributed by atoms with Crippen molar-refractivity contribution in [2.24, 2.45) is 0 Å². The molecule has 0 spiro atoms. The number of nitrogens with one attached hydrogen (secondary N) is 2. The zero-order valence-corrected chi connectivity index (χ0v) is 13.0. The van der Waals surface area contributed by atoms with Crippen molar-refractivity contribution in [3.63, 3.8) is 0 Å². The predicted molar refractivity (Wildman–Crippen MR) is 81.1 cm³/mol. The van der Waals surface area contributed by atoms with E-state index in [0.29, 0.717) is 22.8 Å². The number of rotatable bonds is 4. The number of hydrogen-bond acceptors (Lipinski definition) is 2. The number of hydrogen-bond donors (Lipinski definition) is 2. The molecule has 0 saturated heterocycles. The number of halogens is 2. The number of ketones is 1. The molecule has 0 unspecified atom stereocenters. The summed E-state index contributed by atoms with van der Waals surface area (Å²) in [5, 5.41) is 3.33. The third-order valence-electron chi connectivity index (χ3n) is 2.79. The Morgan fingerprint density at radius 1 is 1.35 bits per heavy atom. The topological polar surface area (TPSA) is 62.0 Å². The average Bonchev–Trinajstić information content (AvgIpc) is 2.87. The van der Waals surface area contributed by atoms with Gasteiger partial charge in [0, 0.05) is 27.8 Å². The Kier molecular flexibility index (Phi) is 4.62. The molecule has 1 amide bonds. The smallest absolute Gasteiger partial charge is 0.267 e. The SMILES string of the molecule is CC(=O)c1c[nH]c(C(=O)NCc2ccc(Br)cc2Cl)c1. The highest BCUT2D eigenvalue weighted by molar-refractivity contribution is 9.10. The van der Waals surface area contributed by atoms with E-state index >= 15 is 0 Å². The number of carbonyl (C=O) groups excluding carboxylic acids is 2. The third kappa shape index (κ3) is 3.49. The maximum absolute atomic E-state index is 11.9. The van der Waals surface area contributed by atoms with Crippen LogP contribution in [0, 0.1) is 0 Å². The van der Waals surface area contributed by atoms with Gasteiger partial charge >= 0.3 is 0 Å². The van der Waals surface area contributed by atoms with Crippen molar-refractivity contribution in [1.29, 1.82) is 0 Å². The molecule has 2 aromatic rings. The number of aromatic amines is 1. The van der Waals surface area contributed by atoms with E-state index in [1.807, 2.05) is 12.1 Å². The second-order valence-corrected chi connectivity index (χ2v) is 5.60. The molecule has 0 fully saturated rings. The van der Waals surface area contributed by atoms with Crippen molar-refractivity contribution in [2.75, 3.05) is 0 Å². The van der Waals surface area contributed by atoms with Crippen LogP contribution in [-0.4, -0.2) is 16.7 Å². The second kappa shape index (κ2) is 6.24. The van der Waals surface area contributed by atoms with Crippen molar-refractivity contribution in [1.82, 2.24) is 10.3 Å². The molecule has 0 aliphatic heterocycles. The Labute approximate surface area is 129 Å². The number of amides is 1. The molecule has 6 heteroatoms. The number of aromatic nitrogens is 1. The van der Waals surface area contributed by atoms with E-state index in [2.05, 4.69) is 26.2 Å². The summed E-state index contributed by atoms with van der Waals surface area (Å²) in [5.74, 6) is -0.368. The van der Waals surface area contributed by atoms with Gasteiger partial charge < -0.3 is 10.3 Å². The highest BCUT2D eigenvalue weighted by Gasteiger charge is 2.11. The number of benzene rings is 1. The van der Waals surface area contributed by atoms with Gasteiger partial charge in [-0.3, -0.25) is 9.59 Å². The van der Waals surface area contributed by atoms with Crippen molar-refractivity contribution >= 4 is 39.2 Å². The van der Waals surface area contributed by atoms with Crippen LogP contribution in [0.3, 0.4) is 0 Å². The normalized spacial score (nSPS) is 10.3. The molecule has 0 aliphatic rings. The zero-order valence-electron chi connectivity index (χ0n) is 10.7.